The van der Waals surface area contributed by atoms with Crippen LogP contribution in [0.25, 0.3) is 0 Å². The molecule has 1 amide bonds. The van der Waals surface area contributed by atoms with Crippen LogP contribution in [-0.4, -0.2) is 50.3 Å². The molecule has 1 unspecified atom stereocenters. The van der Waals surface area contributed by atoms with Crippen molar-refractivity contribution in [1.29, 1.82) is 0 Å². The molecule has 19 heavy (non-hydrogen) atoms. The number of amides is 1. The lowest BCUT2D eigenvalue weighted by Crippen LogP contribution is -2.46. The molecule has 5 nitrogen and oxygen atoms in total. The van der Waals surface area contributed by atoms with Crippen molar-refractivity contribution in [3.8, 4) is 5.75 Å². The molecule has 1 N–H and O–H groups in total. The molecule has 0 radical (unpaired) electrons. The Hall–Kier alpha value is -1.75. The van der Waals surface area contributed by atoms with Gasteiger partial charge in [0.2, 0.25) is 5.91 Å². The van der Waals surface area contributed by atoms with Crippen LogP contribution in [-0.2, 0) is 9.53 Å². The highest BCUT2D eigenvalue weighted by Gasteiger charge is 2.22. The number of nitrogens with zero attached hydrogens (tertiary/aromatic N) is 1. The van der Waals surface area contributed by atoms with Gasteiger partial charge in [-0.3, -0.25) is 4.79 Å². The summed E-state index contributed by atoms with van der Waals surface area (Å²) in [5.74, 6) is 0.877. The van der Waals surface area contributed by atoms with Crippen molar-refractivity contribution in [3.63, 3.8) is 0 Å². The van der Waals surface area contributed by atoms with Crippen molar-refractivity contribution in [3.05, 3.63) is 24.3 Å². The number of carbonyl (C=O) groups excluding carboxylic acids is 1. The smallest absolute Gasteiger partial charge is 0.244 e. The highest BCUT2D eigenvalue weighted by atomic mass is 16.5. The van der Waals surface area contributed by atoms with Crippen LogP contribution in [0.4, 0.5) is 5.69 Å². The van der Waals surface area contributed by atoms with E-state index in [9.17, 15) is 4.79 Å². The third-order valence-electron chi connectivity index (χ3n) is 3.15. The summed E-state index contributed by atoms with van der Waals surface area (Å²) in [4.78, 5) is 14.1. The van der Waals surface area contributed by atoms with Gasteiger partial charge >= 0.3 is 0 Å². The summed E-state index contributed by atoms with van der Waals surface area (Å²) in [6, 6.07) is 7.31. The third kappa shape index (κ3) is 3.61. The Balaban J connectivity index is 1.95. The largest absolute Gasteiger partial charge is 0.497 e. The van der Waals surface area contributed by atoms with Gasteiger partial charge in [-0.15, -0.1) is 0 Å². The van der Waals surface area contributed by atoms with Crippen LogP contribution < -0.4 is 10.1 Å². The molecule has 0 bridgehead atoms. The van der Waals surface area contributed by atoms with E-state index in [0.29, 0.717) is 26.3 Å². The number of rotatable bonds is 4. The number of morpholine rings is 1. The molecular weight excluding hydrogens is 244 g/mol. The van der Waals surface area contributed by atoms with Crippen LogP contribution in [0.3, 0.4) is 0 Å². The molecule has 0 aliphatic carbocycles. The molecule has 0 saturated carbocycles. The van der Waals surface area contributed by atoms with E-state index in [1.807, 2.05) is 36.1 Å². The SMILES string of the molecule is COc1cccc(NC(C)C(=O)N2CCOCC2)c1. The summed E-state index contributed by atoms with van der Waals surface area (Å²) >= 11 is 0. The van der Waals surface area contributed by atoms with Crippen molar-refractivity contribution in [1.82, 2.24) is 4.90 Å². The number of anilines is 1. The maximum absolute atomic E-state index is 12.2. The van der Waals surface area contributed by atoms with Crippen LogP contribution in [0, 0.1) is 0 Å². The first-order valence-corrected chi connectivity index (χ1v) is 6.48. The van der Waals surface area contributed by atoms with E-state index >= 15 is 0 Å². The first kappa shape index (κ1) is 13.7. The normalized spacial score (nSPS) is 16.8. The molecule has 1 fully saturated rings. The molecule has 5 heteroatoms. The Kier molecular flexibility index (Phi) is 4.63. The molecule has 1 aliphatic heterocycles. The zero-order valence-electron chi connectivity index (χ0n) is 11.4. The molecule has 1 saturated heterocycles. The van der Waals surface area contributed by atoms with E-state index in [1.54, 1.807) is 7.11 Å². The lowest BCUT2D eigenvalue weighted by molar-refractivity contribution is -0.135. The molecule has 104 valence electrons. The number of hydrogen-bond acceptors (Lipinski definition) is 4. The summed E-state index contributed by atoms with van der Waals surface area (Å²) < 4.78 is 10.4. The van der Waals surface area contributed by atoms with E-state index in [-0.39, 0.29) is 11.9 Å². The zero-order valence-corrected chi connectivity index (χ0v) is 11.4. The predicted molar refractivity (Wildman–Crippen MR) is 73.5 cm³/mol. The number of ether oxygens (including phenoxy) is 2. The van der Waals surface area contributed by atoms with E-state index in [1.165, 1.54) is 0 Å². The molecule has 0 spiro atoms. The topological polar surface area (TPSA) is 50.8 Å². The molecule has 2 rings (SSSR count). The van der Waals surface area contributed by atoms with Crippen LogP contribution in [0.5, 0.6) is 5.75 Å². The summed E-state index contributed by atoms with van der Waals surface area (Å²) in [5.41, 5.74) is 0.883. The first-order chi connectivity index (χ1) is 9.20. The van der Waals surface area contributed by atoms with E-state index in [0.717, 1.165) is 11.4 Å². The highest BCUT2D eigenvalue weighted by Crippen LogP contribution is 2.17. The molecular formula is C14H20N2O3. The van der Waals surface area contributed by atoms with Gasteiger partial charge in [-0.1, -0.05) is 6.07 Å². The predicted octanol–water partition coefficient (Wildman–Crippen LogP) is 1.35. The molecule has 1 atom stereocenters. The summed E-state index contributed by atoms with van der Waals surface area (Å²) in [6.07, 6.45) is 0. The van der Waals surface area contributed by atoms with Gasteiger partial charge < -0.3 is 19.7 Å². The van der Waals surface area contributed by atoms with Crippen molar-refractivity contribution in [2.24, 2.45) is 0 Å². The van der Waals surface area contributed by atoms with E-state index < -0.39 is 0 Å². The minimum atomic E-state index is -0.259. The Bertz CT molecular complexity index is 430. The van der Waals surface area contributed by atoms with Crippen molar-refractivity contribution >= 4 is 11.6 Å². The zero-order chi connectivity index (χ0) is 13.7. The summed E-state index contributed by atoms with van der Waals surface area (Å²) in [5, 5.41) is 3.20. The summed E-state index contributed by atoms with van der Waals surface area (Å²) in [6.45, 7) is 4.46. The second-order valence-corrected chi connectivity index (χ2v) is 4.54. The van der Waals surface area contributed by atoms with E-state index in [4.69, 9.17) is 9.47 Å². The van der Waals surface area contributed by atoms with Gasteiger partial charge in [-0.05, 0) is 19.1 Å². The fourth-order valence-corrected chi connectivity index (χ4v) is 2.08. The van der Waals surface area contributed by atoms with Crippen molar-refractivity contribution in [2.75, 3.05) is 38.7 Å². The van der Waals surface area contributed by atoms with Gasteiger partial charge in [0.25, 0.3) is 0 Å². The van der Waals surface area contributed by atoms with Crippen molar-refractivity contribution < 1.29 is 14.3 Å². The Labute approximate surface area is 113 Å². The van der Waals surface area contributed by atoms with Crippen LogP contribution in [0.15, 0.2) is 24.3 Å². The Morgan fingerprint density at radius 1 is 1.42 bits per heavy atom. The van der Waals surface area contributed by atoms with Gasteiger partial charge in [0.05, 0.1) is 20.3 Å². The van der Waals surface area contributed by atoms with Crippen LogP contribution in [0.1, 0.15) is 6.92 Å². The lowest BCUT2D eigenvalue weighted by Gasteiger charge is -2.29. The average molecular weight is 264 g/mol. The van der Waals surface area contributed by atoms with E-state index in [2.05, 4.69) is 5.32 Å². The number of hydrogen-bond donors (Lipinski definition) is 1. The molecule has 1 heterocycles. The fourth-order valence-electron chi connectivity index (χ4n) is 2.08. The maximum atomic E-state index is 12.2. The summed E-state index contributed by atoms with van der Waals surface area (Å²) in [7, 11) is 1.63. The van der Waals surface area contributed by atoms with Gasteiger partial charge in [0.1, 0.15) is 11.8 Å². The van der Waals surface area contributed by atoms with Crippen LogP contribution in [0.2, 0.25) is 0 Å². The minimum absolute atomic E-state index is 0.103. The van der Waals surface area contributed by atoms with Gasteiger partial charge in [-0.2, -0.15) is 0 Å². The molecule has 1 aromatic carbocycles. The maximum Gasteiger partial charge on any atom is 0.244 e. The molecule has 1 aliphatic rings. The molecule has 0 aromatic heterocycles. The van der Waals surface area contributed by atoms with Crippen LogP contribution >= 0.6 is 0 Å². The fraction of sp³-hybridized carbons (Fsp3) is 0.500. The third-order valence-corrected chi connectivity index (χ3v) is 3.15. The van der Waals surface area contributed by atoms with Gasteiger partial charge in [-0.25, -0.2) is 0 Å². The second kappa shape index (κ2) is 6.43. The Morgan fingerprint density at radius 3 is 2.84 bits per heavy atom. The second-order valence-electron chi connectivity index (χ2n) is 4.54. The number of methoxy groups -OCH3 is 1. The molecule has 1 aromatic rings. The van der Waals surface area contributed by atoms with Gasteiger partial charge in [0.15, 0.2) is 0 Å². The highest BCUT2D eigenvalue weighted by molar-refractivity contribution is 5.84. The first-order valence-electron chi connectivity index (χ1n) is 6.48. The number of nitrogens with one attached hydrogen (secondary N) is 1. The van der Waals surface area contributed by atoms with Crippen molar-refractivity contribution in [2.45, 2.75) is 13.0 Å². The average Bonchev–Trinajstić information content (AvgIpc) is 2.47. The Morgan fingerprint density at radius 2 is 2.16 bits per heavy atom. The number of benzene rings is 1. The number of carbonyl (C=O) groups is 1. The minimum Gasteiger partial charge on any atom is -0.497 e. The standard InChI is InChI=1S/C14H20N2O3/c1-11(14(17)16-6-8-19-9-7-16)15-12-4-3-5-13(10-12)18-2/h3-5,10-11,15H,6-9H2,1-2H3. The quantitative estimate of drug-likeness (QED) is 0.892. The monoisotopic (exact) mass is 264 g/mol. The lowest BCUT2D eigenvalue weighted by atomic mass is 10.2. The van der Waals surface area contributed by atoms with Gasteiger partial charge in [0, 0.05) is 24.8 Å².